The van der Waals surface area contributed by atoms with Gasteiger partial charge in [0.15, 0.2) is 0 Å². The lowest BCUT2D eigenvalue weighted by atomic mass is 10.3. The van der Waals surface area contributed by atoms with E-state index in [0.29, 0.717) is 39.3 Å². The second-order valence-electron chi connectivity index (χ2n) is 7.02. The first kappa shape index (κ1) is 20.7. The minimum absolute atomic E-state index is 0.0323. The zero-order chi connectivity index (χ0) is 20.3. The van der Waals surface area contributed by atoms with Crippen molar-refractivity contribution in [2.24, 2.45) is 0 Å². The molecule has 1 aromatic carbocycles. The summed E-state index contributed by atoms with van der Waals surface area (Å²) in [5, 5.41) is 0. The molecular weight excluding hydrogens is 387 g/mol. The number of sulfonamides is 1. The summed E-state index contributed by atoms with van der Waals surface area (Å²) in [6.07, 6.45) is 0. The van der Waals surface area contributed by atoms with Gasteiger partial charge in [-0.1, -0.05) is 0 Å². The average Bonchev–Trinajstić information content (AvgIpc) is 2.69. The lowest BCUT2D eigenvalue weighted by Gasteiger charge is -2.37. The number of amides is 2. The number of carbonyl (C=O) groups is 2. The van der Waals surface area contributed by atoms with E-state index < -0.39 is 15.8 Å². The largest absolute Gasteiger partial charge is 0.340 e. The van der Waals surface area contributed by atoms with Gasteiger partial charge in [-0.3, -0.25) is 14.5 Å². The summed E-state index contributed by atoms with van der Waals surface area (Å²) in [4.78, 5) is 29.4. The molecule has 28 heavy (non-hydrogen) atoms. The van der Waals surface area contributed by atoms with Crippen LogP contribution in [0.15, 0.2) is 29.2 Å². The van der Waals surface area contributed by atoms with Crippen LogP contribution in [0.3, 0.4) is 0 Å². The van der Waals surface area contributed by atoms with Gasteiger partial charge >= 0.3 is 0 Å². The van der Waals surface area contributed by atoms with E-state index in [4.69, 9.17) is 0 Å². The van der Waals surface area contributed by atoms with Crippen molar-refractivity contribution in [2.45, 2.75) is 11.8 Å². The van der Waals surface area contributed by atoms with Crippen molar-refractivity contribution < 1.29 is 22.4 Å². The van der Waals surface area contributed by atoms with Crippen LogP contribution in [-0.4, -0.2) is 98.1 Å². The van der Waals surface area contributed by atoms with Gasteiger partial charge in [0.2, 0.25) is 21.8 Å². The molecule has 2 aliphatic rings. The molecule has 154 valence electrons. The Hall–Kier alpha value is -2.04. The number of benzene rings is 1. The highest BCUT2D eigenvalue weighted by Crippen LogP contribution is 2.18. The molecule has 0 aromatic heterocycles. The lowest BCUT2D eigenvalue weighted by Crippen LogP contribution is -2.54. The average molecular weight is 412 g/mol. The zero-order valence-electron chi connectivity index (χ0n) is 15.9. The Kier molecular flexibility index (Phi) is 6.31. The molecule has 2 saturated heterocycles. The minimum Gasteiger partial charge on any atom is -0.340 e. The molecule has 0 atom stereocenters. The van der Waals surface area contributed by atoms with Crippen molar-refractivity contribution in [2.75, 3.05) is 58.9 Å². The number of piperazine rings is 2. The molecule has 2 amide bonds. The van der Waals surface area contributed by atoms with E-state index in [9.17, 15) is 22.4 Å². The molecule has 2 fully saturated rings. The highest BCUT2D eigenvalue weighted by Gasteiger charge is 2.31. The van der Waals surface area contributed by atoms with Gasteiger partial charge in [-0.15, -0.1) is 0 Å². The van der Waals surface area contributed by atoms with Gasteiger partial charge in [0.1, 0.15) is 5.82 Å². The van der Waals surface area contributed by atoms with Gasteiger partial charge < -0.3 is 9.80 Å². The fraction of sp³-hybridized carbons (Fsp3) is 0.556. The summed E-state index contributed by atoms with van der Waals surface area (Å²) in [5.74, 6) is -0.474. The standard InChI is InChI=1S/C18H25FN4O4S/c1-15(24)21-8-6-20(7-9-21)14-18(25)22-10-12-23(13-11-22)28(26,27)17-4-2-16(19)3-5-17/h2-5H,6-14H2,1H3. The summed E-state index contributed by atoms with van der Waals surface area (Å²) in [5.41, 5.74) is 0. The topological polar surface area (TPSA) is 81.2 Å². The quantitative estimate of drug-likeness (QED) is 0.686. The Labute approximate surface area is 164 Å². The number of nitrogens with zero attached hydrogens (tertiary/aromatic N) is 4. The van der Waals surface area contributed by atoms with Crippen molar-refractivity contribution in [3.63, 3.8) is 0 Å². The SMILES string of the molecule is CC(=O)N1CCN(CC(=O)N2CCN(S(=O)(=O)c3ccc(F)cc3)CC2)CC1. The zero-order valence-corrected chi connectivity index (χ0v) is 16.7. The molecule has 3 rings (SSSR count). The number of carbonyl (C=O) groups excluding carboxylic acids is 2. The van der Waals surface area contributed by atoms with Gasteiger partial charge in [-0.25, -0.2) is 12.8 Å². The van der Waals surface area contributed by atoms with Crippen molar-refractivity contribution in [3.05, 3.63) is 30.1 Å². The maximum Gasteiger partial charge on any atom is 0.243 e. The summed E-state index contributed by atoms with van der Waals surface area (Å²) in [6.45, 7) is 5.44. The monoisotopic (exact) mass is 412 g/mol. The molecule has 0 saturated carbocycles. The molecule has 1 aromatic rings. The molecular formula is C18H25FN4O4S. The molecule has 10 heteroatoms. The fourth-order valence-electron chi connectivity index (χ4n) is 3.45. The first-order valence-electron chi connectivity index (χ1n) is 9.29. The summed E-state index contributed by atoms with van der Waals surface area (Å²) in [7, 11) is -3.69. The first-order chi connectivity index (χ1) is 13.3. The maximum absolute atomic E-state index is 13.0. The number of hydrogen-bond donors (Lipinski definition) is 0. The van der Waals surface area contributed by atoms with Crippen LogP contribution in [0, 0.1) is 5.82 Å². The maximum atomic E-state index is 13.0. The third-order valence-corrected chi connectivity index (χ3v) is 7.13. The van der Waals surface area contributed by atoms with Gasteiger partial charge in [-0.2, -0.15) is 4.31 Å². The van der Waals surface area contributed by atoms with Crippen LogP contribution in [0.25, 0.3) is 0 Å². The van der Waals surface area contributed by atoms with E-state index >= 15 is 0 Å². The lowest BCUT2D eigenvalue weighted by molar-refractivity contribution is -0.135. The normalized spacial score (nSPS) is 19.6. The van der Waals surface area contributed by atoms with Crippen LogP contribution in [0.4, 0.5) is 4.39 Å². The van der Waals surface area contributed by atoms with Crippen LogP contribution >= 0.6 is 0 Å². The second kappa shape index (κ2) is 8.54. The highest BCUT2D eigenvalue weighted by molar-refractivity contribution is 7.89. The molecule has 2 aliphatic heterocycles. The summed E-state index contributed by atoms with van der Waals surface area (Å²) < 4.78 is 39.6. The van der Waals surface area contributed by atoms with Gasteiger partial charge in [0.25, 0.3) is 0 Å². The van der Waals surface area contributed by atoms with Crippen molar-refractivity contribution in [3.8, 4) is 0 Å². The summed E-state index contributed by atoms with van der Waals surface area (Å²) in [6, 6.07) is 4.75. The van der Waals surface area contributed by atoms with Gasteiger partial charge in [0.05, 0.1) is 11.4 Å². The Balaban J connectivity index is 1.50. The molecule has 0 spiro atoms. The third kappa shape index (κ3) is 4.68. The Bertz CT molecular complexity index is 814. The van der Waals surface area contributed by atoms with E-state index in [0.717, 1.165) is 12.1 Å². The molecule has 0 N–H and O–H groups in total. The fourth-order valence-corrected chi connectivity index (χ4v) is 4.87. The van der Waals surface area contributed by atoms with Gasteiger partial charge in [0, 0.05) is 59.3 Å². The first-order valence-corrected chi connectivity index (χ1v) is 10.7. The Morgan fingerprint density at radius 2 is 1.43 bits per heavy atom. The van der Waals surface area contributed by atoms with E-state index in [1.54, 1.807) is 16.7 Å². The smallest absolute Gasteiger partial charge is 0.243 e. The molecule has 0 radical (unpaired) electrons. The van der Waals surface area contributed by atoms with Crippen LogP contribution < -0.4 is 0 Å². The van der Waals surface area contributed by atoms with E-state index in [1.165, 1.54) is 16.4 Å². The predicted octanol–water partition coefficient (Wildman–Crippen LogP) is -0.177. The van der Waals surface area contributed by atoms with Crippen molar-refractivity contribution in [1.29, 1.82) is 0 Å². The van der Waals surface area contributed by atoms with E-state index in [-0.39, 0.29) is 36.3 Å². The van der Waals surface area contributed by atoms with Crippen molar-refractivity contribution in [1.82, 2.24) is 19.0 Å². The number of hydrogen-bond acceptors (Lipinski definition) is 5. The van der Waals surface area contributed by atoms with Crippen LogP contribution in [0.5, 0.6) is 0 Å². The minimum atomic E-state index is -3.69. The third-order valence-electron chi connectivity index (χ3n) is 5.22. The predicted molar refractivity (Wildman–Crippen MR) is 100 cm³/mol. The Morgan fingerprint density at radius 3 is 1.96 bits per heavy atom. The van der Waals surface area contributed by atoms with E-state index in [1.807, 2.05) is 4.90 Å². The second-order valence-corrected chi connectivity index (χ2v) is 8.96. The van der Waals surface area contributed by atoms with Crippen molar-refractivity contribution >= 4 is 21.8 Å². The van der Waals surface area contributed by atoms with Crippen LogP contribution in [0.2, 0.25) is 0 Å². The van der Waals surface area contributed by atoms with Gasteiger partial charge in [-0.05, 0) is 24.3 Å². The Morgan fingerprint density at radius 1 is 0.893 bits per heavy atom. The number of rotatable bonds is 4. The van der Waals surface area contributed by atoms with Crippen LogP contribution in [-0.2, 0) is 19.6 Å². The molecule has 0 unspecified atom stereocenters. The number of halogens is 1. The molecule has 0 bridgehead atoms. The van der Waals surface area contributed by atoms with Crippen LogP contribution in [0.1, 0.15) is 6.92 Å². The summed E-state index contributed by atoms with van der Waals surface area (Å²) >= 11 is 0. The van der Waals surface area contributed by atoms with E-state index in [2.05, 4.69) is 0 Å². The highest BCUT2D eigenvalue weighted by atomic mass is 32.2. The molecule has 0 aliphatic carbocycles. The molecule has 2 heterocycles. The molecule has 8 nitrogen and oxygen atoms in total.